The van der Waals surface area contributed by atoms with E-state index in [2.05, 4.69) is 4.98 Å². The molecule has 0 bridgehead atoms. The number of nitrogens with zero attached hydrogens (tertiary/aromatic N) is 1. The monoisotopic (exact) mass is 487 g/mol. The molecule has 2 N–H and O–H groups in total. The van der Waals surface area contributed by atoms with Gasteiger partial charge in [0.2, 0.25) is 10.0 Å². The van der Waals surface area contributed by atoms with E-state index in [1.54, 1.807) is 49.4 Å². The Morgan fingerprint density at radius 1 is 1.18 bits per heavy atom. The lowest BCUT2D eigenvalue weighted by molar-refractivity contribution is 0.0974. The summed E-state index contributed by atoms with van der Waals surface area (Å²) < 4.78 is 42.1. The minimum absolute atomic E-state index is 0.0805. The number of nitrogens with one attached hydrogen (secondary N) is 2. The first-order valence-corrected chi connectivity index (χ1v) is 12.1. The number of halogens is 2. The van der Waals surface area contributed by atoms with Gasteiger partial charge in [-0.15, -0.1) is 0 Å². The summed E-state index contributed by atoms with van der Waals surface area (Å²) in [5, 5.41) is 0.802. The number of sulfonamides is 1. The molecule has 0 aliphatic carbocycles. The van der Waals surface area contributed by atoms with Crippen LogP contribution in [0.5, 0.6) is 0 Å². The van der Waals surface area contributed by atoms with Crippen LogP contribution in [0, 0.1) is 12.7 Å². The second kappa shape index (κ2) is 8.49. The number of pyridine rings is 1. The smallest absolute Gasteiger partial charge is 0.282 e. The molecule has 2 aromatic carbocycles. The third kappa shape index (κ3) is 4.42. The van der Waals surface area contributed by atoms with E-state index in [4.69, 9.17) is 11.6 Å². The zero-order valence-corrected chi connectivity index (χ0v) is 19.2. The lowest BCUT2D eigenvalue weighted by atomic mass is 10.0. The summed E-state index contributed by atoms with van der Waals surface area (Å²) >= 11 is 6.22. The number of H-pyrrole nitrogens is 1. The van der Waals surface area contributed by atoms with Gasteiger partial charge in [0.25, 0.3) is 11.5 Å². The SMILES string of the molecule is Cc1cccc(Cn2c(C(=O)NS(C)(=O)=O)c(-c3ccc[nH]c3=O)c3cc(Cl)ccc32)c1F. The molecule has 0 unspecified atom stereocenters. The molecule has 4 aromatic rings. The van der Waals surface area contributed by atoms with Crippen LogP contribution in [0.1, 0.15) is 21.6 Å². The number of rotatable bonds is 5. The van der Waals surface area contributed by atoms with Crippen LogP contribution in [0.25, 0.3) is 22.0 Å². The van der Waals surface area contributed by atoms with Crippen LogP contribution in [0.2, 0.25) is 5.02 Å². The van der Waals surface area contributed by atoms with Crippen LogP contribution in [0.15, 0.2) is 59.5 Å². The summed E-state index contributed by atoms with van der Waals surface area (Å²) in [5.74, 6) is -1.39. The van der Waals surface area contributed by atoms with E-state index in [1.807, 2.05) is 4.72 Å². The van der Waals surface area contributed by atoms with Crippen LogP contribution in [-0.4, -0.2) is 30.1 Å². The predicted octanol–water partition coefficient (Wildman–Crippen LogP) is 3.84. The lowest BCUT2D eigenvalue weighted by Gasteiger charge is -2.13. The first kappa shape index (κ1) is 22.8. The fourth-order valence-corrected chi connectivity index (χ4v) is 4.44. The topological polar surface area (TPSA) is 101 Å². The molecule has 1 amide bonds. The van der Waals surface area contributed by atoms with Crippen LogP contribution in [0.4, 0.5) is 4.39 Å². The van der Waals surface area contributed by atoms with Gasteiger partial charge in [0.05, 0.1) is 12.8 Å². The van der Waals surface area contributed by atoms with Crippen molar-refractivity contribution in [2.24, 2.45) is 0 Å². The second-order valence-corrected chi connectivity index (χ2v) is 9.82. The number of aromatic amines is 1. The Hall–Kier alpha value is -3.43. The normalized spacial score (nSPS) is 11.6. The van der Waals surface area contributed by atoms with Crippen molar-refractivity contribution >= 4 is 38.4 Å². The van der Waals surface area contributed by atoms with Crippen molar-refractivity contribution in [3.63, 3.8) is 0 Å². The van der Waals surface area contributed by atoms with E-state index in [9.17, 15) is 22.4 Å². The first-order chi connectivity index (χ1) is 15.6. The number of hydrogen-bond acceptors (Lipinski definition) is 4. The van der Waals surface area contributed by atoms with Gasteiger partial charge in [-0.05, 0) is 42.8 Å². The zero-order chi connectivity index (χ0) is 23.9. The maximum Gasteiger partial charge on any atom is 0.282 e. The van der Waals surface area contributed by atoms with Gasteiger partial charge < -0.3 is 9.55 Å². The number of aryl methyl sites for hydroxylation is 1. The van der Waals surface area contributed by atoms with Crippen LogP contribution in [0.3, 0.4) is 0 Å². The summed E-state index contributed by atoms with van der Waals surface area (Å²) in [6.45, 7) is 1.54. The van der Waals surface area contributed by atoms with Crippen molar-refractivity contribution in [3.8, 4) is 11.1 Å². The third-order valence-electron chi connectivity index (χ3n) is 5.21. The van der Waals surface area contributed by atoms with Crippen LogP contribution >= 0.6 is 11.6 Å². The molecular formula is C23H19ClFN3O4S. The maximum absolute atomic E-state index is 14.9. The van der Waals surface area contributed by atoms with E-state index in [-0.39, 0.29) is 23.4 Å². The average molecular weight is 488 g/mol. The first-order valence-electron chi connectivity index (χ1n) is 9.82. The van der Waals surface area contributed by atoms with Crippen molar-refractivity contribution in [2.75, 3.05) is 6.26 Å². The summed E-state index contributed by atoms with van der Waals surface area (Å²) in [4.78, 5) is 28.5. The highest BCUT2D eigenvalue weighted by Gasteiger charge is 2.27. The van der Waals surface area contributed by atoms with Gasteiger partial charge in [0.15, 0.2) is 0 Å². The van der Waals surface area contributed by atoms with E-state index in [0.717, 1.165) is 6.26 Å². The van der Waals surface area contributed by atoms with E-state index >= 15 is 0 Å². The number of fused-ring (bicyclic) bond motifs is 1. The molecule has 0 aliphatic rings. The largest absolute Gasteiger partial charge is 0.331 e. The quantitative estimate of drug-likeness (QED) is 0.446. The number of amides is 1. The van der Waals surface area contributed by atoms with Gasteiger partial charge >= 0.3 is 0 Å². The fraction of sp³-hybridized carbons (Fsp3) is 0.130. The van der Waals surface area contributed by atoms with Crippen molar-refractivity contribution in [3.05, 3.63) is 92.7 Å². The number of hydrogen-bond donors (Lipinski definition) is 2. The fourth-order valence-electron chi connectivity index (χ4n) is 3.84. The minimum Gasteiger partial charge on any atom is -0.331 e. The Bertz CT molecular complexity index is 1570. The minimum atomic E-state index is -3.93. The van der Waals surface area contributed by atoms with E-state index in [0.29, 0.717) is 27.1 Å². The van der Waals surface area contributed by atoms with Gasteiger partial charge in [-0.3, -0.25) is 9.59 Å². The van der Waals surface area contributed by atoms with Gasteiger partial charge in [-0.1, -0.05) is 29.8 Å². The van der Waals surface area contributed by atoms with Gasteiger partial charge in [-0.2, -0.15) is 0 Å². The predicted molar refractivity (Wildman–Crippen MR) is 126 cm³/mol. The molecule has 0 spiro atoms. The molecule has 2 heterocycles. The van der Waals surface area contributed by atoms with Crippen molar-refractivity contribution in [2.45, 2.75) is 13.5 Å². The zero-order valence-electron chi connectivity index (χ0n) is 17.6. The molecule has 0 fully saturated rings. The molecule has 0 saturated heterocycles. The summed E-state index contributed by atoms with van der Waals surface area (Å²) in [6, 6.07) is 12.8. The molecule has 4 rings (SSSR count). The Labute approximate surface area is 193 Å². The highest BCUT2D eigenvalue weighted by molar-refractivity contribution is 7.89. The Balaban J connectivity index is 2.11. The second-order valence-electron chi connectivity index (χ2n) is 7.64. The van der Waals surface area contributed by atoms with Crippen molar-refractivity contribution in [1.29, 1.82) is 0 Å². The highest BCUT2D eigenvalue weighted by Crippen LogP contribution is 2.36. The molecule has 10 heteroatoms. The molecule has 0 radical (unpaired) electrons. The Morgan fingerprint density at radius 3 is 2.64 bits per heavy atom. The van der Waals surface area contributed by atoms with E-state index in [1.165, 1.54) is 16.8 Å². The van der Waals surface area contributed by atoms with Crippen molar-refractivity contribution in [1.82, 2.24) is 14.3 Å². The standard InChI is InChI=1S/C23H19ClFN3O4S/c1-13-5-3-6-14(20(13)25)12-28-18-9-8-15(24)11-17(18)19(16-7-4-10-26-22(16)29)21(28)23(30)27-33(2,31)32/h3-11H,12H2,1-2H3,(H,26,29)(H,27,30). The highest BCUT2D eigenvalue weighted by atomic mass is 35.5. The van der Waals surface area contributed by atoms with Gasteiger partial charge in [0, 0.05) is 38.8 Å². The van der Waals surface area contributed by atoms with Crippen LogP contribution < -0.4 is 10.3 Å². The molecule has 0 saturated carbocycles. The van der Waals surface area contributed by atoms with E-state index < -0.39 is 27.3 Å². The molecule has 170 valence electrons. The number of aromatic nitrogens is 2. The molecule has 33 heavy (non-hydrogen) atoms. The van der Waals surface area contributed by atoms with Crippen LogP contribution in [-0.2, 0) is 16.6 Å². The average Bonchev–Trinajstić information content (AvgIpc) is 3.04. The van der Waals surface area contributed by atoms with Crippen molar-refractivity contribution < 1.29 is 17.6 Å². The molecule has 0 atom stereocenters. The number of benzene rings is 2. The third-order valence-corrected chi connectivity index (χ3v) is 6.00. The lowest BCUT2D eigenvalue weighted by Crippen LogP contribution is -2.32. The summed E-state index contributed by atoms with van der Waals surface area (Å²) in [5.41, 5.74) is 0.965. The summed E-state index contributed by atoms with van der Waals surface area (Å²) in [6.07, 6.45) is 2.29. The molecule has 0 aliphatic heterocycles. The number of carbonyl (C=O) groups excluding carboxylic acids is 1. The number of carbonyl (C=O) groups is 1. The Morgan fingerprint density at radius 2 is 1.94 bits per heavy atom. The summed E-state index contributed by atoms with van der Waals surface area (Å²) in [7, 11) is -3.93. The molecule has 7 nitrogen and oxygen atoms in total. The molecular weight excluding hydrogens is 469 g/mol. The van der Waals surface area contributed by atoms with Gasteiger partial charge in [0.1, 0.15) is 11.5 Å². The molecule has 2 aromatic heterocycles. The van der Waals surface area contributed by atoms with Gasteiger partial charge in [-0.25, -0.2) is 17.5 Å². The maximum atomic E-state index is 14.9. The Kier molecular flexibility index (Phi) is 5.85.